The smallest absolute Gasteiger partial charge is 0.475 e. The highest BCUT2D eigenvalue weighted by atomic mass is 19.4. The van der Waals surface area contributed by atoms with Gasteiger partial charge in [0.25, 0.3) is 0 Å². The van der Waals surface area contributed by atoms with Crippen molar-refractivity contribution in [3.8, 4) is 0 Å². The van der Waals surface area contributed by atoms with Gasteiger partial charge in [0.05, 0.1) is 25.5 Å². The molecule has 1 amide bonds. The first kappa shape index (κ1) is 27.7. The predicted octanol–water partition coefficient (Wildman–Crippen LogP) is 3.79. The molecule has 2 aliphatic heterocycles. The molecule has 0 saturated carbocycles. The van der Waals surface area contributed by atoms with E-state index in [1.165, 1.54) is 16.7 Å². The molecule has 1 N–H and O–H groups in total. The standard InChI is InChI=1S/C23H31N3O3.C2HF3O2/c1-16-5-6-17(2)20(9-16)11-25-7-8-28-15-23(13-25)10-22(27)26(14-23)12-21-18(3)24-29-19(21)4;3-2(4,5)1(6)7/h5-6,9H,7-8,10-15H2,1-4H3;(H,6,7). The summed E-state index contributed by atoms with van der Waals surface area (Å²) in [5.74, 6) is -1.76. The highest BCUT2D eigenvalue weighted by Crippen LogP contribution is 2.36. The molecule has 8 nitrogen and oxygen atoms in total. The number of carboxylic acids is 1. The Morgan fingerprint density at radius 2 is 1.86 bits per heavy atom. The van der Waals surface area contributed by atoms with E-state index in [-0.39, 0.29) is 11.3 Å². The average Bonchev–Trinajstić information content (AvgIpc) is 3.17. The Morgan fingerprint density at radius 3 is 2.47 bits per heavy atom. The highest BCUT2D eigenvalue weighted by Gasteiger charge is 2.45. The Balaban J connectivity index is 0.000000454. The topological polar surface area (TPSA) is 96.1 Å². The Labute approximate surface area is 208 Å². The Kier molecular flexibility index (Phi) is 8.45. The van der Waals surface area contributed by atoms with Crippen LogP contribution in [0.4, 0.5) is 13.2 Å². The minimum absolute atomic E-state index is 0.149. The lowest BCUT2D eigenvalue weighted by molar-refractivity contribution is -0.192. The van der Waals surface area contributed by atoms with Crippen molar-refractivity contribution < 1.29 is 37.1 Å². The van der Waals surface area contributed by atoms with Crippen LogP contribution in [0.25, 0.3) is 0 Å². The Morgan fingerprint density at radius 1 is 1.17 bits per heavy atom. The van der Waals surface area contributed by atoms with Gasteiger partial charge in [0.2, 0.25) is 5.91 Å². The van der Waals surface area contributed by atoms with E-state index in [9.17, 15) is 18.0 Å². The molecule has 2 aliphatic rings. The van der Waals surface area contributed by atoms with Crippen molar-refractivity contribution in [2.24, 2.45) is 5.41 Å². The van der Waals surface area contributed by atoms with Gasteiger partial charge in [-0.05, 0) is 38.8 Å². The van der Waals surface area contributed by atoms with Gasteiger partial charge in [0.15, 0.2) is 0 Å². The van der Waals surface area contributed by atoms with Gasteiger partial charge in [-0.2, -0.15) is 13.2 Å². The van der Waals surface area contributed by atoms with Gasteiger partial charge in [-0.25, -0.2) is 4.79 Å². The fourth-order valence-corrected chi connectivity index (χ4v) is 4.67. The zero-order valence-electron chi connectivity index (χ0n) is 20.9. The van der Waals surface area contributed by atoms with Crippen LogP contribution in [0.3, 0.4) is 0 Å². The van der Waals surface area contributed by atoms with E-state index in [1.54, 1.807) is 0 Å². The zero-order chi connectivity index (χ0) is 26.7. The third kappa shape index (κ3) is 6.85. The summed E-state index contributed by atoms with van der Waals surface area (Å²) in [6.45, 7) is 13.5. The zero-order valence-corrected chi connectivity index (χ0v) is 20.9. The molecule has 3 heterocycles. The number of nitrogens with zero attached hydrogens (tertiary/aromatic N) is 3. The molecule has 198 valence electrons. The van der Waals surface area contributed by atoms with Crippen molar-refractivity contribution in [2.45, 2.75) is 53.4 Å². The van der Waals surface area contributed by atoms with Gasteiger partial charge < -0.3 is 19.3 Å². The molecule has 2 aromatic rings. The molecule has 36 heavy (non-hydrogen) atoms. The third-order valence-electron chi connectivity index (χ3n) is 6.60. The number of carboxylic acid groups (broad SMARTS) is 1. The van der Waals surface area contributed by atoms with Crippen molar-refractivity contribution in [1.82, 2.24) is 15.0 Å². The number of alkyl halides is 3. The maximum Gasteiger partial charge on any atom is 0.490 e. The summed E-state index contributed by atoms with van der Waals surface area (Å²) in [5, 5.41) is 11.2. The van der Waals surface area contributed by atoms with Gasteiger partial charge in [0.1, 0.15) is 5.76 Å². The van der Waals surface area contributed by atoms with Crippen LogP contribution in [0.5, 0.6) is 0 Å². The summed E-state index contributed by atoms with van der Waals surface area (Å²) in [4.78, 5) is 26.2. The number of ether oxygens (including phenoxy) is 1. The molecular formula is C25H32F3N3O5. The Bertz CT molecular complexity index is 1080. The van der Waals surface area contributed by atoms with E-state index < -0.39 is 12.1 Å². The van der Waals surface area contributed by atoms with E-state index in [4.69, 9.17) is 19.2 Å². The fraction of sp³-hybridized carbons (Fsp3) is 0.560. The second-order valence-corrected chi connectivity index (χ2v) is 9.73. The molecule has 0 aliphatic carbocycles. The van der Waals surface area contributed by atoms with E-state index in [2.05, 4.69) is 42.1 Å². The molecule has 2 saturated heterocycles. The number of benzene rings is 1. The number of carbonyl (C=O) groups is 2. The van der Waals surface area contributed by atoms with Crippen LogP contribution in [0.15, 0.2) is 22.7 Å². The summed E-state index contributed by atoms with van der Waals surface area (Å²) >= 11 is 0. The van der Waals surface area contributed by atoms with Crippen LogP contribution in [0, 0.1) is 33.1 Å². The molecule has 0 radical (unpaired) electrons. The lowest BCUT2D eigenvalue weighted by Crippen LogP contribution is -2.40. The molecule has 1 aromatic carbocycles. The SMILES string of the molecule is Cc1ccc(C)c(CN2CCOCC3(CC(=O)N(Cc4c(C)noc4C)C3)C2)c1.O=C(O)C(F)(F)F. The van der Waals surface area contributed by atoms with Gasteiger partial charge >= 0.3 is 12.1 Å². The van der Waals surface area contributed by atoms with Crippen molar-refractivity contribution in [2.75, 3.05) is 32.8 Å². The molecule has 11 heteroatoms. The van der Waals surface area contributed by atoms with Gasteiger partial charge in [-0.15, -0.1) is 0 Å². The molecule has 4 rings (SSSR count). The normalized spacial score (nSPS) is 20.9. The second-order valence-electron chi connectivity index (χ2n) is 9.73. The summed E-state index contributed by atoms with van der Waals surface area (Å²) in [6, 6.07) is 6.63. The number of aryl methyl sites for hydroxylation is 4. The van der Waals surface area contributed by atoms with Crippen LogP contribution in [-0.4, -0.2) is 71.0 Å². The van der Waals surface area contributed by atoms with Crippen molar-refractivity contribution in [1.29, 1.82) is 0 Å². The fourth-order valence-electron chi connectivity index (χ4n) is 4.67. The molecule has 1 unspecified atom stereocenters. The quantitative estimate of drug-likeness (QED) is 0.667. The van der Waals surface area contributed by atoms with E-state index >= 15 is 0 Å². The van der Waals surface area contributed by atoms with Gasteiger partial charge in [-0.1, -0.05) is 28.9 Å². The number of rotatable bonds is 4. The third-order valence-corrected chi connectivity index (χ3v) is 6.60. The maximum atomic E-state index is 12.9. The molecule has 1 spiro atoms. The largest absolute Gasteiger partial charge is 0.490 e. The Hall–Kier alpha value is -2.92. The van der Waals surface area contributed by atoms with Crippen LogP contribution in [0.2, 0.25) is 0 Å². The number of aromatic nitrogens is 1. The second kappa shape index (κ2) is 11.0. The number of likely N-dealkylation sites (tertiary alicyclic amines) is 1. The first-order valence-corrected chi connectivity index (χ1v) is 11.7. The van der Waals surface area contributed by atoms with Crippen molar-refractivity contribution in [3.05, 3.63) is 51.9 Å². The molecular weight excluding hydrogens is 479 g/mol. The molecule has 1 aromatic heterocycles. The van der Waals surface area contributed by atoms with E-state index in [1.807, 2.05) is 18.7 Å². The van der Waals surface area contributed by atoms with Crippen molar-refractivity contribution in [3.63, 3.8) is 0 Å². The lowest BCUT2D eigenvalue weighted by atomic mass is 9.87. The monoisotopic (exact) mass is 511 g/mol. The summed E-state index contributed by atoms with van der Waals surface area (Å²) < 4.78 is 43.0. The predicted molar refractivity (Wildman–Crippen MR) is 124 cm³/mol. The molecule has 1 atom stereocenters. The minimum Gasteiger partial charge on any atom is -0.475 e. The van der Waals surface area contributed by atoms with Crippen LogP contribution in [0.1, 0.15) is 40.1 Å². The number of amides is 1. The number of carbonyl (C=O) groups excluding carboxylic acids is 1. The first-order chi connectivity index (χ1) is 16.8. The summed E-state index contributed by atoms with van der Waals surface area (Å²) in [7, 11) is 0. The first-order valence-electron chi connectivity index (χ1n) is 11.7. The van der Waals surface area contributed by atoms with E-state index in [0.29, 0.717) is 26.2 Å². The minimum atomic E-state index is -5.08. The number of hydrogen-bond donors (Lipinski definition) is 1. The highest BCUT2D eigenvalue weighted by molar-refractivity contribution is 5.79. The number of halogens is 3. The van der Waals surface area contributed by atoms with Crippen molar-refractivity contribution >= 4 is 11.9 Å². The van der Waals surface area contributed by atoms with E-state index in [0.717, 1.165) is 43.2 Å². The number of aliphatic carboxylic acids is 1. The summed E-state index contributed by atoms with van der Waals surface area (Å²) in [6.07, 6.45) is -4.54. The number of hydrogen-bond acceptors (Lipinski definition) is 6. The van der Waals surface area contributed by atoms with Crippen LogP contribution < -0.4 is 0 Å². The van der Waals surface area contributed by atoms with Gasteiger partial charge in [-0.3, -0.25) is 9.69 Å². The summed E-state index contributed by atoms with van der Waals surface area (Å²) in [5.41, 5.74) is 5.70. The molecule has 2 fully saturated rings. The van der Waals surface area contributed by atoms with Crippen LogP contribution >= 0.6 is 0 Å². The molecule has 0 bridgehead atoms. The lowest BCUT2D eigenvalue weighted by Gasteiger charge is -2.31. The van der Waals surface area contributed by atoms with Crippen LogP contribution in [-0.2, 0) is 27.4 Å². The average molecular weight is 512 g/mol. The van der Waals surface area contributed by atoms with Gasteiger partial charge in [0, 0.05) is 43.6 Å². The maximum absolute atomic E-state index is 12.9.